The summed E-state index contributed by atoms with van der Waals surface area (Å²) in [7, 11) is 4.79. The molecule has 0 saturated heterocycles. The molecule has 0 fully saturated rings. The van der Waals surface area contributed by atoms with Gasteiger partial charge in [0.15, 0.2) is 5.82 Å². The molecule has 3 rings (SSSR count). The van der Waals surface area contributed by atoms with Gasteiger partial charge in [0, 0.05) is 24.4 Å². The number of hydrogen-bond donors (Lipinski definition) is 0. The van der Waals surface area contributed by atoms with Crippen molar-refractivity contribution in [1.29, 1.82) is 0 Å². The van der Waals surface area contributed by atoms with Crippen molar-refractivity contribution in [2.75, 3.05) is 21.3 Å². The highest BCUT2D eigenvalue weighted by molar-refractivity contribution is 5.95. The highest BCUT2D eigenvalue weighted by atomic mass is 16.5. The first-order valence-corrected chi connectivity index (χ1v) is 8.64. The molecule has 1 amide bonds. The molecular formula is C20H21N5O3. The number of methoxy groups -OCH3 is 2. The lowest BCUT2D eigenvalue weighted by molar-refractivity contribution is 0.0739. The summed E-state index contributed by atoms with van der Waals surface area (Å²) in [6.45, 7) is 1.92. The van der Waals surface area contributed by atoms with Crippen molar-refractivity contribution in [3.8, 4) is 23.1 Å². The lowest BCUT2D eigenvalue weighted by Crippen LogP contribution is -2.30. The first kappa shape index (κ1) is 19.2. The second-order valence-corrected chi connectivity index (χ2v) is 6.08. The van der Waals surface area contributed by atoms with Crippen LogP contribution in [0, 0.1) is 0 Å². The van der Waals surface area contributed by atoms with Gasteiger partial charge >= 0.3 is 0 Å². The zero-order chi connectivity index (χ0) is 20.1. The van der Waals surface area contributed by atoms with Crippen LogP contribution in [0.4, 0.5) is 0 Å². The number of hydrogen-bond acceptors (Lipinski definition) is 7. The molecule has 8 heteroatoms. The van der Waals surface area contributed by atoms with E-state index in [0.717, 1.165) is 5.69 Å². The first-order valence-electron chi connectivity index (χ1n) is 8.64. The lowest BCUT2D eigenvalue weighted by atomic mass is 10.1. The van der Waals surface area contributed by atoms with E-state index in [1.165, 1.54) is 20.5 Å². The van der Waals surface area contributed by atoms with Gasteiger partial charge in [0.25, 0.3) is 5.91 Å². The SMILES string of the molecule is COc1cc(OC)nc(-c2cccc(C(=O)N(C)[C@H](C)c3ccncn3)c2)n1. The number of rotatable bonds is 6. The molecule has 1 aromatic carbocycles. The Labute approximate surface area is 163 Å². The summed E-state index contributed by atoms with van der Waals surface area (Å²) in [6.07, 6.45) is 3.13. The molecule has 0 unspecified atom stereocenters. The zero-order valence-corrected chi connectivity index (χ0v) is 16.2. The lowest BCUT2D eigenvalue weighted by Gasteiger charge is -2.24. The number of carbonyl (C=O) groups is 1. The highest BCUT2D eigenvalue weighted by Gasteiger charge is 2.20. The molecule has 0 N–H and O–H groups in total. The van der Waals surface area contributed by atoms with E-state index >= 15 is 0 Å². The van der Waals surface area contributed by atoms with E-state index in [4.69, 9.17) is 9.47 Å². The van der Waals surface area contributed by atoms with Crippen LogP contribution in [-0.2, 0) is 0 Å². The predicted octanol–water partition coefficient (Wildman–Crippen LogP) is 2.78. The van der Waals surface area contributed by atoms with Crippen LogP contribution >= 0.6 is 0 Å². The summed E-state index contributed by atoms with van der Waals surface area (Å²) in [5.74, 6) is 1.04. The fourth-order valence-electron chi connectivity index (χ4n) is 2.66. The van der Waals surface area contributed by atoms with Crippen LogP contribution < -0.4 is 9.47 Å². The molecule has 0 aliphatic carbocycles. The summed E-state index contributed by atoms with van der Waals surface area (Å²) < 4.78 is 10.4. The van der Waals surface area contributed by atoms with E-state index in [0.29, 0.717) is 28.7 Å². The maximum atomic E-state index is 13.0. The topological polar surface area (TPSA) is 90.3 Å². The van der Waals surface area contributed by atoms with Crippen LogP contribution in [-0.4, -0.2) is 52.0 Å². The molecule has 2 heterocycles. The van der Waals surface area contributed by atoms with Crippen LogP contribution in [0.2, 0.25) is 0 Å². The van der Waals surface area contributed by atoms with E-state index in [9.17, 15) is 4.79 Å². The minimum atomic E-state index is -0.202. The van der Waals surface area contributed by atoms with Crippen LogP contribution in [0.25, 0.3) is 11.4 Å². The molecule has 3 aromatic rings. The fraction of sp³-hybridized carbons (Fsp3) is 0.250. The van der Waals surface area contributed by atoms with Gasteiger partial charge in [-0.3, -0.25) is 4.79 Å². The molecule has 0 aliphatic heterocycles. The summed E-state index contributed by atoms with van der Waals surface area (Å²) in [4.78, 5) is 31.4. The van der Waals surface area contributed by atoms with Crippen molar-refractivity contribution in [1.82, 2.24) is 24.8 Å². The van der Waals surface area contributed by atoms with Crippen molar-refractivity contribution in [2.45, 2.75) is 13.0 Å². The van der Waals surface area contributed by atoms with Crippen molar-refractivity contribution in [3.05, 3.63) is 60.2 Å². The van der Waals surface area contributed by atoms with Gasteiger partial charge in [-0.15, -0.1) is 0 Å². The summed E-state index contributed by atoms with van der Waals surface area (Å²) in [6, 6.07) is 10.3. The average molecular weight is 379 g/mol. The number of aromatic nitrogens is 4. The third-order valence-corrected chi connectivity index (χ3v) is 4.40. The van der Waals surface area contributed by atoms with Gasteiger partial charge in [0.05, 0.1) is 32.0 Å². The number of carbonyl (C=O) groups excluding carboxylic acids is 1. The maximum Gasteiger partial charge on any atom is 0.254 e. The van der Waals surface area contributed by atoms with Gasteiger partial charge in [-0.25, -0.2) is 9.97 Å². The Bertz CT molecular complexity index is 943. The third kappa shape index (κ3) is 4.06. The van der Waals surface area contributed by atoms with Gasteiger partial charge in [-0.2, -0.15) is 9.97 Å². The number of benzene rings is 1. The molecule has 0 spiro atoms. The quantitative estimate of drug-likeness (QED) is 0.650. The van der Waals surface area contributed by atoms with Gasteiger partial charge < -0.3 is 14.4 Å². The molecular weight excluding hydrogens is 358 g/mol. The molecule has 1 atom stereocenters. The average Bonchev–Trinajstić information content (AvgIpc) is 2.77. The molecule has 144 valence electrons. The Morgan fingerprint density at radius 2 is 1.79 bits per heavy atom. The zero-order valence-electron chi connectivity index (χ0n) is 16.2. The van der Waals surface area contributed by atoms with Crippen LogP contribution in [0.15, 0.2) is 48.9 Å². The summed E-state index contributed by atoms with van der Waals surface area (Å²) in [5.41, 5.74) is 1.97. The fourth-order valence-corrected chi connectivity index (χ4v) is 2.66. The molecule has 0 radical (unpaired) electrons. The number of amides is 1. The standard InChI is InChI=1S/C20H21N5O3/c1-13(16-8-9-21-12-22-16)25(2)20(26)15-7-5-6-14(10-15)19-23-17(27-3)11-18(24-19)28-4/h5-13H,1-4H3/t13-/m1/s1. The second-order valence-electron chi connectivity index (χ2n) is 6.08. The molecule has 8 nitrogen and oxygen atoms in total. The highest BCUT2D eigenvalue weighted by Crippen LogP contribution is 2.25. The minimum Gasteiger partial charge on any atom is -0.481 e. The molecule has 0 saturated carbocycles. The molecule has 0 bridgehead atoms. The number of nitrogens with zero attached hydrogens (tertiary/aromatic N) is 5. The molecule has 0 aliphatic rings. The van der Waals surface area contributed by atoms with E-state index in [1.807, 2.05) is 13.0 Å². The van der Waals surface area contributed by atoms with Crippen molar-refractivity contribution >= 4 is 5.91 Å². The van der Waals surface area contributed by atoms with E-state index in [1.54, 1.807) is 48.5 Å². The summed E-state index contributed by atoms with van der Waals surface area (Å²) >= 11 is 0. The van der Waals surface area contributed by atoms with E-state index < -0.39 is 0 Å². The molecule has 28 heavy (non-hydrogen) atoms. The second kappa shape index (κ2) is 8.43. The summed E-state index contributed by atoms with van der Waals surface area (Å²) in [5, 5.41) is 0. The van der Waals surface area contributed by atoms with E-state index in [-0.39, 0.29) is 11.9 Å². The Hall–Kier alpha value is -3.55. The smallest absolute Gasteiger partial charge is 0.254 e. The Morgan fingerprint density at radius 1 is 1.07 bits per heavy atom. The Balaban J connectivity index is 1.90. The van der Waals surface area contributed by atoms with Crippen LogP contribution in [0.1, 0.15) is 29.0 Å². The van der Waals surface area contributed by atoms with Crippen LogP contribution in [0.3, 0.4) is 0 Å². The van der Waals surface area contributed by atoms with Crippen molar-refractivity contribution in [3.63, 3.8) is 0 Å². The normalized spacial score (nSPS) is 11.6. The Morgan fingerprint density at radius 3 is 2.39 bits per heavy atom. The van der Waals surface area contributed by atoms with Gasteiger partial charge in [0.2, 0.25) is 11.8 Å². The Kier molecular flexibility index (Phi) is 5.78. The largest absolute Gasteiger partial charge is 0.481 e. The first-order chi connectivity index (χ1) is 13.5. The van der Waals surface area contributed by atoms with Gasteiger partial charge in [-0.05, 0) is 25.1 Å². The van der Waals surface area contributed by atoms with Crippen molar-refractivity contribution in [2.24, 2.45) is 0 Å². The van der Waals surface area contributed by atoms with Crippen molar-refractivity contribution < 1.29 is 14.3 Å². The van der Waals surface area contributed by atoms with Gasteiger partial charge in [0.1, 0.15) is 6.33 Å². The third-order valence-electron chi connectivity index (χ3n) is 4.40. The maximum absolute atomic E-state index is 13.0. The molecule has 2 aromatic heterocycles. The van der Waals surface area contributed by atoms with E-state index in [2.05, 4.69) is 19.9 Å². The predicted molar refractivity (Wildman–Crippen MR) is 103 cm³/mol. The number of ether oxygens (including phenoxy) is 2. The van der Waals surface area contributed by atoms with Gasteiger partial charge in [-0.1, -0.05) is 12.1 Å². The van der Waals surface area contributed by atoms with Crippen LogP contribution in [0.5, 0.6) is 11.8 Å². The monoisotopic (exact) mass is 379 g/mol. The minimum absolute atomic E-state index is 0.136.